The normalized spacial score (nSPS) is 11.6. The standard InChI is InChI=1S/C23H26ClN7O4/c1-4-35-22(33)20-29-19(30-31-20)17(10-13(2)3)27-23(34)26-16-7-5-6-14(11-16)21(32)28-18-9-8-15(24)12-25-18/h5-9,11-13,17H,4,10H2,1-3H3,(H,25,28,32)(H2,26,27,34)(H,29,30,31). The van der Waals surface area contributed by atoms with Crippen LogP contribution in [0.15, 0.2) is 42.6 Å². The predicted octanol–water partition coefficient (Wildman–Crippen LogP) is 4.19. The number of nitrogens with one attached hydrogen (secondary N) is 4. The third-order valence-electron chi connectivity index (χ3n) is 4.65. The molecule has 11 nitrogen and oxygen atoms in total. The lowest BCUT2D eigenvalue weighted by atomic mass is 10.0. The summed E-state index contributed by atoms with van der Waals surface area (Å²) in [7, 11) is 0. The van der Waals surface area contributed by atoms with E-state index in [1.54, 1.807) is 37.3 Å². The zero-order chi connectivity index (χ0) is 25.4. The van der Waals surface area contributed by atoms with Gasteiger partial charge < -0.3 is 20.7 Å². The van der Waals surface area contributed by atoms with Crippen LogP contribution >= 0.6 is 11.6 Å². The molecular formula is C23H26ClN7O4. The summed E-state index contributed by atoms with van der Waals surface area (Å²) in [4.78, 5) is 45.4. The van der Waals surface area contributed by atoms with Crippen molar-refractivity contribution in [3.8, 4) is 0 Å². The van der Waals surface area contributed by atoms with Crippen LogP contribution in [0.1, 0.15) is 60.0 Å². The summed E-state index contributed by atoms with van der Waals surface area (Å²) in [6.07, 6.45) is 1.97. The molecule has 12 heteroatoms. The van der Waals surface area contributed by atoms with E-state index >= 15 is 0 Å². The number of aromatic nitrogens is 4. The molecule has 184 valence electrons. The number of hydrogen-bond acceptors (Lipinski definition) is 7. The van der Waals surface area contributed by atoms with Crippen LogP contribution in [0.5, 0.6) is 0 Å². The van der Waals surface area contributed by atoms with Gasteiger partial charge in [-0.1, -0.05) is 31.5 Å². The third kappa shape index (κ3) is 7.51. The van der Waals surface area contributed by atoms with Crippen molar-refractivity contribution in [3.63, 3.8) is 0 Å². The number of urea groups is 1. The molecular weight excluding hydrogens is 474 g/mol. The summed E-state index contributed by atoms with van der Waals surface area (Å²) in [5.41, 5.74) is 0.736. The number of anilines is 2. The van der Waals surface area contributed by atoms with Gasteiger partial charge in [-0.3, -0.25) is 9.89 Å². The number of amides is 3. The number of H-pyrrole nitrogens is 1. The predicted molar refractivity (Wildman–Crippen MR) is 130 cm³/mol. The molecule has 0 radical (unpaired) electrons. The Morgan fingerprint density at radius 1 is 1.14 bits per heavy atom. The molecule has 3 aromatic rings. The van der Waals surface area contributed by atoms with Crippen LogP contribution in [-0.4, -0.2) is 44.7 Å². The van der Waals surface area contributed by atoms with Crippen molar-refractivity contribution in [2.75, 3.05) is 17.2 Å². The highest BCUT2D eigenvalue weighted by molar-refractivity contribution is 6.30. The van der Waals surface area contributed by atoms with Crippen LogP contribution in [0.4, 0.5) is 16.3 Å². The van der Waals surface area contributed by atoms with Gasteiger partial charge in [0.1, 0.15) is 11.6 Å². The van der Waals surface area contributed by atoms with E-state index in [-0.39, 0.29) is 18.3 Å². The first kappa shape index (κ1) is 25.6. The molecule has 3 rings (SSSR count). The Labute approximate surface area is 207 Å². The van der Waals surface area contributed by atoms with Gasteiger partial charge in [0.05, 0.1) is 17.7 Å². The summed E-state index contributed by atoms with van der Waals surface area (Å²) >= 11 is 5.81. The number of rotatable bonds is 9. The fourth-order valence-electron chi connectivity index (χ4n) is 3.13. The van der Waals surface area contributed by atoms with Crippen molar-refractivity contribution in [1.29, 1.82) is 0 Å². The summed E-state index contributed by atoms with van der Waals surface area (Å²) < 4.78 is 4.91. The van der Waals surface area contributed by atoms with Gasteiger partial charge in [-0.15, -0.1) is 5.10 Å². The van der Waals surface area contributed by atoms with Crippen molar-refractivity contribution in [2.45, 2.75) is 33.2 Å². The van der Waals surface area contributed by atoms with Crippen molar-refractivity contribution in [3.05, 3.63) is 64.8 Å². The van der Waals surface area contributed by atoms with E-state index in [0.29, 0.717) is 34.3 Å². The maximum absolute atomic E-state index is 12.7. The summed E-state index contributed by atoms with van der Waals surface area (Å²) in [5, 5.41) is 15.3. The first-order chi connectivity index (χ1) is 16.7. The van der Waals surface area contributed by atoms with Crippen LogP contribution in [0.2, 0.25) is 5.02 Å². The highest BCUT2D eigenvalue weighted by atomic mass is 35.5. The van der Waals surface area contributed by atoms with Gasteiger partial charge in [0.15, 0.2) is 0 Å². The van der Waals surface area contributed by atoms with E-state index in [9.17, 15) is 14.4 Å². The van der Waals surface area contributed by atoms with Crippen LogP contribution in [-0.2, 0) is 4.74 Å². The zero-order valence-electron chi connectivity index (χ0n) is 19.5. The number of benzene rings is 1. The topological polar surface area (TPSA) is 151 Å². The fourth-order valence-corrected chi connectivity index (χ4v) is 3.24. The molecule has 0 saturated heterocycles. The van der Waals surface area contributed by atoms with E-state index < -0.39 is 23.9 Å². The Morgan fingerprint density at radius 3 is 2.63 bits per heavy atom. The minimum atomic E-state index is -0.647. The van der Waals surface area contributed by atoms with Gasteiger partial charge in [-0.05, 0) is 49.6 Å². The Bertz CT molecular complexity index is 1180. The Morgan fingerprint density at radius 2 is 1.94 bits per heavy atom. The largest absolute Gasteiger partial charge is 0.460 e. The highest BCUT2D eigenvalue weighted by Crippen LogP contribution is 2.19. The van der Waals surface area contributed by atoms with Crippen molar-refractivity contribution in [1.82, 2.24) is 25.5 Å². The Kier molecular flexibility index (Phi) is 8.74. The van der Waals surface area contributed by atoms with Crippen molar-refractivity contribution < 1.29 is 19.1 Å². The Hall–Kier alpha value is -3.99. The van der Waals surface area contributed by atoms with Gasteiger partial charge in [-0.2, -0.15) is 0 Å². The molecule has 1 aromatic carbocycles. The molecule has 4 N–H and O–H groups in total. The average Bonchev–Trinajstić information content (AvgIpc) is 3.31. The second kappa shape index (κ2) is 11.9. The minimum absolute atomic E-state index is 0.105. The summed E-state index contributed by atoms with van der Waals surface area (Å²) in [6, 6.07) is 8.60. The lowest BCUT2D eigenvalue weighted by molar-refractivity contribution is 0.0512. The van der Waals surface area contributed by atoms with Crippen LogP contribution in [0.25, 0.3) is 0 Å². The molecule has 0 aliphatic carbocycles. The molecule has 2 aromatic heterocycles. The molecule has 0 bridgehead atoms. The third-order valence-corrected chi connectivity index (χ3v) is 4.88. The number of aromatic amines is 1. The number of pyridine rings is 1. The first-order valence-electron chi connectivity index (χ1n) is 10.9. The van der Waals surface area contributed by atoms with Gasteiger partial charge >= 0.3 is 12.0 Å². The van der Waals surface area contributed by atoms with E-state index in [4.69, 9.17) is 16.3 Å². The van der Waals surface area contributed by atoms with E-state index in [1.807, 2.05) is 13.8 Å². The van der Waals surface area contributed by atoms with E-state index in [1.165, 1.54) is 12.3 Å². The van der Waals surface area contributed by atoms with Crippen molar-refractivity contribution >= 4 is 41.0 Å². The number of ether oxygens (including phenoxy) is 1. The fraction of sp³-hybridized carbons (Fsp3) is 0.304. The molecule has 1 unspecified atom stereocenters. The molecule has 0 saturated carbocycles. The number of halogens is 1. The molecule has 2 heterocycles. The van der Waals surface area contributed by atoms with Crippen molar-refractivity contribution in [2.24, 2.45) is 5.92 Å². The molecule has 3 amide bonds. The lowest BCUT2D eigenvalue weighted by Gasteiger charge is -2.19. The first-order valence-corrected chi connectivity index (χ1v) is 11.3. The number of hydrogen-bond donors (Lipinski definition) is 4. The summed E-state index contributed by atoms with van der Waals surface area (Å²) in [6.45, 7) is 5.87. The molecule has 35 heavy (non-hydrogen) atoms. The minimum Gasteiger partial charge on any atom is -0.460 e. The maximum atomic E-state index is 12.7. The average molecular weight is 500 g/mol. The molecule has 0 aliphatic heterocycles. The van der Waals surface area contributed by atoms with Gasteiger partial charge in [0.25, 0.3) is 11.7 Å². The lowest BCUT2D eigenvalue weighted by Crippen LogP contribution is -2.34. The second-order valence-electron chi connectivity index (χ2n) is 7.94. The van der Waals surface area contributed by atoms with E-state index in [2.05, 4.69) is 36.1 Å². The van der Waals surface area contributed by atoms with Gasteiger partial charge in [-0.25, -0.2) is 19.6 Å². The molecule has 0 aliphatic rings. The smallest absolute Gasteiger partial charge is 0.378 e. The zero-order valence-corrected chi connectivity index (χ0v) is 20.2. The maximum Gasteiger partial charge on any atom is 0.378 e. The molecule has 1 atom stereocenters. The molecule has 0 spiro atoms. The number of nitrogens with zero attached hydrogens (tertiary/aromatic N) is 3. The van der Waals surface area contributed by atoms with Gasteiger partial charge in [0, 0.05) is 17.4 Å². The van der Waals surface area contributed by atoms with Crippen LogP contribution in [0, 0.1) is 5.92 Å². The molecule has 0 fully saturated rings. The monoisotopic (exact) mass is 499 g/mol. The van der Waals surface area contributed by atoms with Crippen LogP contribution in [0.3, 0.4) is 0 Å². The summed E-state index contributed by atoms with van der Waals surface area (Å²) in [5.74, 6) is -0.250. The van der Waals surface area contributed by atoms with Crippen LogP contribution < -0.4 is 16.0 Å². The van der Waals surface area contributed by atoms with Gasteiger partial charge in [0.2, 0.25) is 0 Å². The Balaban J connectivity index is 1.67. The highest BCUT2D eigenvalue weighted by Gasteiger charge is 2.23. The van der Waals surface area contributed by atoms with E-state index in [0.717, 1.165) is 0 Å². The number of carbonyl (C=O) groups excluding carboxylic acids is 3. The quantitative estimate of drug-likeness (QED) is 0.322. The number of esters is 1. The number of carbonyl (C=O) groups is 3. The SMILES string of the molecule is CCOC(=O)c1n[nH]c(C(CC(C)C)NC(=O)Nc2cccc(C(=O)Nc3ccc(Cl)cn3)c2)n1. The second-order valence-corrected chi connectivity index (χ2v) is 8.38.